The molecule has 2 N–H and O–H groups in total. The number of anilines is 1. The lowest BCUT2D eigenvalue weighted by molar-refractivity contribution is 0.0953. The maximum absolute atomic E-state index is 12.1. The molecule has 2 aromatic rings. The fourth-order valence-electron chi connectivity index (χ4n) is 1.74. The quantitative estimate of drug-likeness (QED) is 0.880. The number of hydrogen-bond acceptors (Lipinski definition) is 3. The van der Waals surface area contributed by atoms with Crippen LogP contribution < -0.4 is 10.6 Å². The molecule has 0 unspecified atom stereocenters. The molecule has 0 aliphatic rings. The lowest BCUT2D eigenvalue weighted by Gasteiger charge is -2.10. The first-order valence-corrected chi connectivity index (χ1v) is 6.30. The van der Waals surface area contributed by atoms with Gasteiger partial charge in [0, 0.05) is 43.2 Å². The van der Waals surface area contributed by atoms with Crippen molar-refractivity contribution in [3.8, 4) is 0 Å². The van der Waals surface area contributed by atoms with Gasteiger partial charge >= 0.3 is 0 Å². The Bertz CT molecular complexity index is 554. The fourth-order valence-corrected chi connectivity index (χ4v) is 1.91. The third-order valence-corrected chi connectivity index (χ3v) is 2.95. The zero-order valence-electron chi connectivity index (χ0n) is 10.6. The standard InChI is InChI=1S/C13H15ClN4O/c1-15-12-3-2-10(14)8-11(12)13(19)17-5-7-18-6-4-16-9-18/h2-4,6,8-9,15H,5,7H2,1H3,(H,17,19). The largest absolute Gasteiger partial charge is 0.387 e. The van der Waals surface area contributed by atoms with Crippen LogP contribution in [0.1, 0.15) is 10.4 Å². The minimum atomic E-state index is -0.146. The van der Waals surface area contributed by atoms with E-state index in [2.05, 4.69) is 15.6 Å². The van der Waals surface area contributed by atoms with Crippen molar-refractivity contribution < 1.29 is 4.79 Å². The Morgan fingerprint density at radius 1 is 1.47 bits per heavy atom. The van der Waals surface area contributed by atoms with Gasteiger partial charge in [-0.15, -0.1) is 0 Å². The summed E-state index contributed by atoms with van der Waals surface area (Å²) >= 11 is 5.91. The SMILES string of the molecule is CNc1ccc(Cl)cc1C(=O)NCCn1ccnc1. The number of nitrogens with zero attached hydrogens (tertiary/aromatic N) is 2. The highest BCUT2D eigenvalue weighted by atomic mass is 35.5. The predicted octanol–water partition coefficient (Wildman–Crippen LogP) is 2.01. The van der Waals surface area contributed by atoms with E-state index >= 15 is 0 Å². The molecule has 0 saturated heterocycles. The molecule has 1 heterocycles. The Kier molecular flexibility index (Phi) is 4.41. The molecule has 0 aliphatic heterocycles. The first-order chi connectivity index (χ1) is 9.20. The molecule has 6 heteroatoms. The molecule has 19 heavy (non-hydrogen) atoms. The summed E-state index contributed by atoms with van der Waals surface area (Å²) in [5, 5.41) is 6.37. The van der Waals surface area contributed by atoms with Crippen LogP contribution in [0.3, 0.4) is 0 Å². The van der Waals surface area contributed by atoms with Gasteiger partial charge in [-0.3, -0.25) is 4.79 Å². The van der Waals surface area contributed by atoms with Crippen molar-refractivity contribution in [2.75, 3.05) is 18.9 Å². The van der Waals surface area contributed by atoms with Crippen molar-refractivity contribution >= 4 is 23.2 Å². The normalized spacial score (nSPS) is 10.2. The molecule has 1 aromatic carbocycles. The number of amides is 1. The van der Waals surface area contributed by atoms with E-state index in [4.69, 9.17) is 11.6 Å². The molecule has 0 radical (unpaired) electrons. The molecule has 0 aliphatic carbocycles. The molecule has 1 aromatic heterocycles. The highest BCUT2D eigenvalue weighted by molar-refractivity contribution is 6.31. The molecule has 0 bridgehead atoms. The van der Waals surface area contributed by atoms with Crippen LogP contribution in [0.5, 0.6) is 0 Å². The highest BCUT2D eigenvalue weighted by Gasteiger charge is 2.10. The Morgan fingerprint density at radius 2 is 2.32 bits per heavy atom. The number of benzene rings is 1. The van der Waals surface area contributed by atoms with Gasteiger partial charge in [-0.05, 0) is 18.2 Å². The summed E-state index contributed by atoms with van der Waals surface area (Å²) in [6.45, 7) is 1.21. The maximum Gasteiger partial charge on any atom is 0.253 e. The Hall–Kier alpha value is -2.01. The van der Waals surface area contributed by atoms with Gasteiger partial charge in [0.1, 0.15) is 0 Å². The summed E-state index contributed by atoms with van der Waals surface area (Å²) in [7, 11) is 1.77. The van der Waals surface area contributed by atoms with Gasteiger partial charge in [0.15, 0.2) is 0 Å². The number of imidazole rings is 1. The third kappa shape index (κ3) is 3.48. The minimum absolute atomic E-state index is 0.146. The molecule has 0 fully saturated rings. The molecule has 2 rings (SSSR count). The van der Waals surface area contributed by atoms with E-state index in [1.54, 1.807) is 37.8 Å². The monoisotopic (exact) mass is 278 g/mol. The zero-order chi connectivity index (χ0) is 13.7. The van der Waals surface area contributed by atoms with Crippen LogP contribution in [0.25, 0.3) is 0 Å². The summed E-state index contributed by atoms with van der Waals surface area (Å²) in [6, 6.07) is 5.18. The number of aromatic nitrogens is 2. The van der Waals surface area contributed by atoms with Gasteiger partial charge in [-0.25, -0.2) is 4.98 Å². The lowest BCUT2D eigenvalue weighted by atomic mass is 10.1. The third-order valence-electron chi connectivity index (χ3n) is 2.71. The molecule has 100 valence electrons. The van der Waals surface area contributed by atoms with E-state index in [9.17, 15) is 4.79 Å². The average Bonchev–Trinajstić information content (AvgIpc) is 2.91. The van der Waals surface area contributed by atoms with E-state index in [1.165, 1.54) is 0 Å². The number of carbonyl (C=O) groups is 1. The molecular weight excluding hydrogens is 264 g/mol. The molecule has 0 spiro atoms. The Morgan fingerprint density at radius 3 is 3.00 bits per heavy atom. The van der Waals surface area contributed by atoms with Crippen LogP contribution >= 0.6 is 11.6 Å². The van der Waals surface area contributed by atoms with Gasteiger partial charge in [-0.1, -0.05) is 11.6 Å². The summed E-state index contributed by atoms with van der Waals surface area (Å²) in [6.07, 6.45) is 5.27. The van der Waals surface area contributed by atoms with Crippen molar-refractivity contribution in [2.45, 2.75) is 6.54 Å². The van der Waals surface area contributed by atoms with Gasteiger partial charge in [0.2, 0.25) is 0 Å². The summed E-state index contributed by atoms with van der Waals surface area (Å²) in [5.74, 6) is -0.146. The van der Waals surface area contributed by atoms with E-state index in [0.29, 0.717) is 23.7 Å². The van der Waals surface area contributed by atoms with Crippen molar-refractivity contribution in [3.05, 3.63) is 47.5 Å². The molecule has 1 amide bonds. The average molecular weight is 279 g/mol. The maximum atomic E-state index is 12.1. The summed E-state index contributed by atoms with van der Waals surface area (Å²) in [4.78, 5) is 16.0. The Labute approximate surface area is 116 Å². The van der Waals surface area contributed by atoms with E-state index in [-0.39, 0.29) is 5.91 Å². The highest BCUT2D eigenvalue weighted by Crippen LogP contribution is 2.20. The summed E-state index contributed by atoms with van der Waals surface area (Å²) < 4.78 is 1.90. The van der Waals surface area contributed by atoms with Gasteiger partial charge in [-0.2, -0.15) is 0 Å². The fraction of sp³-hybridized carbons (Fsp3) is 0.231. The van der Waals surface area contributed by atoms with E-state index in [1.807, 2.05) is 10.8 Å². The van der Waals surface area contributed by atoms with Crippen LogP contribution in [-0.2, 0) is 6.54 Å². The topological polar surface area (TPSA) is 59.0 Å². The predicted molar refractivity (Wildman–Crippen MR) is 75.6 cm³/mol. The van der Waals surface area contributed by atoms with Crippen LogP contribution in [0.2, 0.25) is 5.02 Å². The lowest BCUT2D eigenvalue weighted by Crippen LogP contribution is -2.27. The first kappa shape index (κ1) is 13.4. The number of carbonyl (C=O) groups excluding carboxylic acids is 1. The molecular formula is C13H15ClN4O. The second-order valence-corrected chi connectivity index (χ2v) is 4.43. The summed E-state index contributed by atoms with van der Waals surface area (Å²) in [5.41, 5.74) is 1.30. The van der Waals surface area contributed by atoms with Crippen molar-refractivity contribution in [2.24, 2.45) is 0 Å². The van der Waals surface area contributed by atoms with Gasteiger partial charge in [0.25, 0.3) is 5.91 Å². The van der Waals surface area contributed by atoms with Crippen molar-refractivity contribution in [1.29, 1.82) is 0 Å². The second kappa shape index (κ2) is 6.24. The van der Waals surface area contributed by atoms with Crippen LogP contribution in [-0.4, -0.2) is 29.1 Å². The van der Waals surface area contributed by atoms with Crippen molar-refractivity contribution in [1.82, 2.24) is 14.9 Å². The second-order valence-electron chi connectivity index (χ2n) is 4.00. The molecule has 0 atom stereocenters. The van der Waals surface area contributed by atoms with Crippen LogP contribution in [0, 0.1) is 0 Å². The van der Waals surface area contributed by atoms with Crippen LogP contribution in [0.15, 0.2) is 36.9 Å². The Balaban J connectivity index is 1.97. The zero-order valence-corrected chi connectivity index (χ0v) is 11.3. The van der Waals surface area contributed by atoms with E-state index in [0.717, 1.165) is 5.69 Å². The number of halogens is 1. The first-order valence-electron chi connectivity index (χ1n) is 5.92. The van der Waals surface area contributed by atoms with Gasteiger partial charge in [0.05, 0.1) is 11.9 Å². The molecule has 0 saturated carbocycles. The number of rotatable bonds is 5. The molecule has 5 nitrogen and oxygen atoms in total. The van der Waals surface area contributed by atoms with Crippen molar-refractivity contribution in [3.63, 3.8) is 0 Å². The van der Waals surface area contributed by atoms with E-state index < -0.39 is 0 Å². The smallest absolute Gasteiger partial charge is 0.253 e. The minimum Gasteiger partial charge on any atom is -0.387 e. The van der Waals surface area contributed by atoms with Gasteiger partial charge < -0.3 is 15.2 Å². The van der Waals surface area contributed by atoms with Crippen LogP contribution in [0.4, 0.5) is 5.69 Å². The number of hydrogen-bond donors (Lipinski definition) is 2. The number of nitrogens with one attached hydrogen (secondary N) is 2.